The molecule has 3 fully saturated rings. The summed E-state index contributed by atoms with van der Waals surface area (Å²) < 4.78 is 24.0. The Morgan fingerprint density at radius 1 is 1.02 bits per heavy atom. The summed E-state index contributed by atoms with van der Waals surface area (Å²) in [7, 11) is 0. The second kappa shape index (κ2) is 10.1. The molecule has 0 bridgehead atoms. The molecule has 0 spiro atoms. The number of rotatable bonds is 5. The van der Waals surface area contributed by atoms with Gasteiger partial charge in [-0.2, -0.15) is 0 Å². The van der Waals surface area contributed by atoms with E-state index in [1.54, 1.807) is 44.2 Å². The zero-order valence-electron chi connectivity index (χ0n) is 24.7. The fraction of sp³-hybridized carbons (Fsp3) is 0.645. The molecule has 1 heterocycles. The Labute approximate surface area is 244 Å². The number of hydrogen-bond donors (Lipinski definition) is 4. The number of carbonyl (C=O) groups is 3. The van der Waals surface area contributed by atoms with Gasteiger partial charge in [-0.3, -0.25) is 9.59 Å². The van der Waals surface area contributed by atoms with Crippen molar-refractivity contribution in [1.82, 2.24) is 0 Å². The van der Waals surface area contributed by atoms with Crippen LogP contribution in [0.2, 0.25) is 0 Å². The van der Waals surface area contributed by atoms with Crippen molar-refractivity contribution in [3.63, 3.8) is 0 Å². The van der Waals surface area contributed by atoms with Crippen LogP contribution in [0.4, 0.5) is 0 Å². The van der Waals surface area contributed by atoms with Gasteiger partial charge in [0.15, 0.2) is 11.7 Å². The first-order valence-corrected chi connectivity index (χ1v) is 14.2. The summed E-state index contributed by atoms with van der Waals surface area (Å²) in [5.41, 5.74) is -5.82. The van der Waals surface area contributed by atoms with E-state index < -0.39 is 82.5 Å². The predicted octanol–water partition coefficient (Wildman–Crippen LogP) is 1.44. The Kier molecular flexibility index (Phi) is 7.38. The van der Waals surface area contributed by atoms with Gasteiger partial charge in [0.25, 0.3) is 0 Å². The van der Waals surface area contributed by atoms with Crippen LogP contribution in [-0.2, 0) is 28.5 Å². The molecule has 0 radical (unpaired) electrons. The topological polar surface area (TPSA) is 169 Å². The summed E-state index contributed by atoms with van der Waals surface area (Å²) in [6.07, 6.45) is -7.96. The highest BCUT2D eigenvalue weighted by Gasteiger charge is 2.79. The summed E-state index contributed by atoms with van der Waals surface area (Å²) in [5.74, 6) is -3.34. The van der Waals surface area contributed by atoms with Crippen molar-refractivity contribution in [3.8, 4) is 0 Å². The molecule has 2 saturated carbocycles. The lowest BCUT2D eigenvalue weighted by atomic mass is 9.49. The van der Waals surface area contributed by atoms with Gasteiger partial charge in [-0.25, -0.2) is 4.79 Å². The van der Waals surface area contributed by atoms with Gasteiger partial charge < -0.3 is 39.4 Å². The van der Waals surface area contributed by atoms with Crippen LogP contribution in [0.5, 0.6) is 0 Å². The highest BCUT2D eigenvalue weighted by Crippen LogP contribution is 2.68. The largest absolute Gasteiger partial charge is 0.457 e. The molecule has 11 nitrogen and oxygen atoms in total. The summed E-state index contributed by atoms with van der Waals surface area (Å²) in [6.45, 7) is 8.45. The molecule has 1 aromatic rings. The minimum absolute atomic E-state index is 0.0281. The number of esters is 3. The molecule has 0 aromatic heterocycles. The second-order valence-electron chi connectivity index (χ2n) is 13.0. The normalized spacial score (nSPS) is 41.0. The van der Waals surface area contributed by atoms with Crippen LogP contribution in [0.3, 0.4) is 0 Å². The van der Waals surface area contributed by atoms with Gasteiger partial charge in [0.05, 0.1) is 41.3 Å². The molecule has 10 atom stereocenters. The Morgan fingerprint density at radius 3 is 2.19 bits per heavy atom. The van der Waals surface area contributed by atoms with Gasteiger partial charge >= 0.3 is 17.9 Å². The average Bonchev–Trinajstić information content (AvgIpc) is 3.14. The molecule has 0 unspecified atom stereocenters. The second-order valence-corrected chi connectivity index (χ2v) is 13.0. The van der Waals surface area contributed by atoms with Crippen LogP contribution in [0.15, 0.2) is 41.5 Å². The van der Waals surface area contributed by atoms with Crippen LogP contribution in [0.1, 0.15) is 64.7 Å². The third-order valence-corrected chi connectivity index (χ3v) is 10.3. The smallest absolute Gasteiger partial charge is 0.338 e. The van der Waals surface area contributed by atoms with E-state index >= 15 is 0 Å². The van der Waals surface area contributed by atoms with E-state index in [1.165, 1.54) is 27.7 Å². The molecule has 4 aliphatic rings. The monoisotopic (exact) mass is 588 g/mol. The third-order valence-electron chi connectivity index (χ3n) is 10.3. The number of carbonyl (C=O) groups excluding carboxylic acids is 3. The Hall–Kier alpha value is -2.83. The minimum Gasteiger partial charge on any atom is -0.457 e. The maximum atomic E-state index is 13.8. The standard InChI is InChI=1S/C31H40O11/c1-15-19(34)13-30(28(4,5)38)22(15)23(40-16(2)32)25(36)29(6)20(35)12-21-31(14-39-21,42-17(3)33)24(29)26(30)41-27(37)18-10-8-7-9-11-18/h7-11,19-21,23-26,34-36,38H,12-14H2,1-6H3/t19-,20-,21+,23-,24-,25-,26-,29+,30-,31-/m0/s1. The zero-order valence-corrected chi connectivity index (χ0v) is 24.7. The van der Waals surface area contributed by atoms with E-state index in [-0.39, 0.29) is 30.6 Å². The molecule has 1 aromatic carbocycles. The van der Waals surface area contributed by atoms with Gasteiger partial charge in [0.1, 0.15) is 18.3 Å². The van der Waals surface area contributed by atoms with Crippen LogP contribution in [-0.4, -0.2) is 92.8 Å². The maximum Gasteiger partial charge on any atom is 0.338 e. The third kappa shape index (κ3) is 4.16. The fourth-order valence-electron chi connectivity index (χ4n) is 8.27. The SMILES string of the molecule is CC(=O)O[C@H]1C2=C(C)[C@@H](O)C[C@@]2(C(C)(C)O)[C@@H](OC(=O)c2ccccc2)[C@@H]2[C@]3(OC(C)=O)CO[C@@H]3C[C@H](O)[C@@]2(C)[C@H]1O. The Bertz CT molecular complexity index is 1300. The average molecular weight is 589 g/mol. The van der Waals surface area contributed by atoms with Crippen molar-refractivity contribution in [2.75, 3.05) is 6.61 Å². The predicted molar refractivity (Wildman–Crippen MR) is 146 cm³/mol. The molecule has 3 aliphatic carbocycles. The van der Waals surface area contributed by atoms with Crippen LogP contribution < -0.4 is 0 Å². The summed E-state index contributed by atoms with van der Waals surface area (Å²) in [5, 5.41) is 47.4. The first kappa shape index (κ1) is 30.6. The first-order valence-electron chi connectivity index (χ1n) is 14.2. The van der Waals surface area contributed by atoms with Gasteiger partial charge in [0, 0.05) is 25.7 Å². The van der Waals surface area contributed by atoms with Crippen LogP contribution >= 0.6 is 0 Å². The van der Waals surface area contributed by atoms with E-state index in [9.17, 15) is 34.8 Å². The van der Waals surface area contributed by atoms with Crippen molar-refractivity contribution < 1.29 is 53.8 Å². The number of benzene rings is 1. The highest BCUT2D eigenvalue weighted by molar-refractivity contribution is 5.89. The number of ether oxygens (including phenoxy) is 4. The maximum absolute atomic E-state index is 13.8. The minimum atomic E-state index is -1.77. The molecule has 4 N–H and O–H groups in total. The highest BCUT2D eigenvalue weighted by atomic mass is 16.6. The van der Waals surface area contributed by atoms with Crippen molar-refractivity contribution in [1.29, 1.82) is 0 Å². The number of hydrogen-bond acceptors (Lipinski definition) is 11. The quantitative estimate of drug-likeness (QED) is 0.223. The lowest BCUT2D eigenvalue weighted by molar-refractivity contribution is -0.351. The fourth-order valence-corrected chi connectivity index (χ4v) is 8.27. The molecule has 11 heteroatoms. The van der Waals surface area contributed by atoms with Crippen molar-refractivity contribution in [2.45, 2.75) is 102 Å². The lowest BCUT2D eigenvalue weighted by Crippen LogP contribution is -2.78. The molecule has 42 heavy (non-hydrogen) atoms. The van der Waals surface area contributed by atoms with E-state index in [4.69, 9.17) is 18.9 Å². The first-order chi connectivity index (χ1) is 19.5. The van der Waals surface area contributed by atoms with Gasteiger partial charge in [-0.05, 0) is 50.5 Å². The van der Waals surface area contributed by atoms with E-state index in [1.807, 2.05) is 0 Å². The number of aliphatic hydroxyl groups excluding tert-OH is 3. The Morgan fingerprint density at radius 2 is 1.67 bits per heavy atom. The number of fused-ring (bicyclic) bond motifs is 4. The molecule has 0 amide bonds. The number of aliphatic hydroxyl groups is 4. The van der Waals surface area contributed by atoms with Gasteiger partial charge in [-0.1, -0.05) is 25.1 Å². The van der Waals surface area contributed by atoms with E-state index in [0.717, 1.165) is 0 Å². The van der Waals surface area contributed by atoms with Crippen molar-refractivity contribution in [3.05, 3.63) is 47.0 Å². The van der Waals surface area contributed by atoms with Gasteiger partial charge in [-0.15, -0.1) is 0 Å². The van der Waals surface area contributed by atoms with Gasteiger partial charge in [0.2, 0.25) is 0 Å². The summed E-state index contributed by atoms with van der Waals surface area (Å²) in [6, 6.07) is 8.18. The van der Waals surface area contributed by atoms with Crippen LogP contribution in [0.25, 0.3) is 0 Å². The molecular formula is C31H40O11. The van der Waals surface area contributed by atoms with Crippen molar-refractivity contribution in [2.24, 2.45) is 16.7 Å². The molecule has 1 saturated heterocycles. The van der Waals surface area contributed by atoms with E-state index in [2.05, 4.69) is 0 Å². The zero-order chi connectivity index (χ0) is 31.0. The summed E-state index contributed by atoms with van der Waals surface area (Å²) in [4.78, 5) is 39.0. The lowest BCUT2D eigenvalue weighted by Gasteiger charge is -2.65. The van der Waals surface area contributed by atoms with E-state index in [0.29, 0.717) is 5.57 Å². The molecular weight excluding hydrogens is 548 g/mol. The van der Waals surface area contributed by atoms with Crippen LogP contribution in [0, 0.1) is 16.7 Å². The summed E-state index contributed by atoms with van der Waals surface area (Å²) >= 11 is 0. The Balaban J connectivity index is 1.87. The molecule has 230 valence electrons. The molecule has 5 rings (SSSR count). The molecule has 1 aliphatic heterocycles. The van der Waals surface area contributed by atoms with Crippen molar-refractivity contribution >= 4 is 17.9 Å².